The molecular formula is C26H19ClO7. The molecule has 0 atom stereocenters. The van der Waals surface area contributed by atoms with Crippen molar-refractivity contribution in [3.8, 4) is 22.6 Å². The SMILES string of the molecule is CCOC(=O)c1oc2cc(OC(=O)c3ccccc3Cl)ccc2c(=O)c1-c1ccccc1OC. The second-order valence-corrected chi connectivity index (χ2v) is 7.49. The average molecular weight is 479 g/mol. The third kappa shape index (κ3) is 4.38. The lowest BCUT2D eigenvalue weighted by molar-refractivity contribution is 0.0491. The summed E-state index contributed by atoms with van der Waals surface area (Å²) in [7, 11) is 1.46. The van der Waals surface area contributed by atoms with Crippen LogP contribution in [-0.4, -0.2) is 25.7 Å². The summed E-state index contributed by atoms with van der Waals surface area (Å²) in [6.07, 6.45) is 0. The van der Waals surface area contributed by atoms with Gasteiger partial charge in [0.2, 0.25) is 11.2 Å². The highest BCUT2D eigenvalue weighted by atomic mass is 35.5. The standard InChI is InChI=1S/C26H19ClO7/c1-3-32-26(30)24-22(17-9-5-7-11-20(17)31-2)23(28)18-13-12-15(14-21(18)34-24)33-25(29)16-8-4-6-10-19(16)27/h4-14H,3H2,1-2H3. The second-order valence-electron chi connectivity index (χ2n) is 7.08. The van der Waals surface area contributed by atoms with E-state index in [1.807, 2.05) is 0 Å². The molecule has 0 aliphatic rings. The number of carbonyl (C=O) groups excluding carboxylic acids is 2. The molecule has 1 heterocycles. The molecule has 0 fully saturated rings. The predicted octanol–water partition coefficient (Wildman–Crippen LogP) is 5.52. The summed E-state index contributed by atoms with van der Waals surface area (Å²) in [5.41, 5.74) is 0.181. The number of ether oxygens (including phenoxy) is 3. The number of hydrogen-bond acceptors (Lipinski definition) is 7. The number of carbonyl (C=O) groups is 2. The summed E-state index contributed by atoms with van der Waals surface area (Å²) in [6.45, 7) is 1.73. The van der Waals surface area contributed by atoms with Crippen molar-refractivity contribution in [2.24, 2.45) is 0 Å². The van der Waals surface area contributed by atoms with Crippen molar-refractivity contribution >= 4 is 34.5 Å². The van der Waals surface area contributed by atoms with Gasteiger partial charge in [0.25, 0.3) is 0 Å². The topological polar surface area (TPSA) is 92.0 Å². The highest BCUT2D eigenvalue weighted by Crippen LogP contribution is 2.33. The van der Waals surface area contributed by atoms with Gasteiger partial charge in [0.1, 0.15) is 17.1 Å². The lowest BCUT2D eigenvalue weighted by atomic mass is 10.0. The number of rotatable bonds is 6. The number of halogens is 1. The third-order valence-electron chi connectivity index (χ3n) is 5.01. The minimum atomic E-state index is -0.805. The highest BCUT2D eigenvalue weighted by Gasteiger charge is 2.25. The van der Waals surface area contributed by atoms with Gasteiger partial charge in [-0.25, -0.2) is 9.59 Å². The molecule has 0 radical (unpaired) electrons. The van der Waals surface area contributed by atoms with Gasteiger partial charge in [0.05, 0.1) is 35.3 Å². The fourth-order valence-corrected chi connectivity index (χ4v) is 3.67. The minimum absolute atomic E-state index is 0.0178. The second kappa shape index (κ2) is 9.80. The summed E-state index contributed by atoms with van der Waals surface area (Å²) in [4.78, 5) is 38.7. The molecule has 0 aliphatic carbocycles. The predicted molar refractivity (Wildman–Crippen MR) is 127 cm³/mol. The van der Waals surface area contributed by atoms with Crippen LogP contribution in [0.25, 0.3) is 22.1 Å². The molecule has 0 bridgehead atoms. The fraction of sp³-hybridized carbons (Fsp3) is 0.115. The van der Waals surface area contributed by atoms with Gasteiger partial charge >= 0.3 is 11.9 Å². The van der Waals surface area contributed by atoms with Crippen molar-refractivity contribution in [1.29, 1.82) is 0 Å². The van der Waals surface area contributed by atoms with Crippen LogP contribution in [0.3, 0.4) is 0 Å². The molecule has 8 heteroatoms. The van der Waals surface area contributed by atoms with Crippen LogP contribution in [0.4, 0.5) is 0 Å². The maximum Gasteiger partial charge on any atom is 0.375 e. The van der Waals surface area contributed by atoms with Crippen molar-refractivity contribution in [2.45, 2.75) is 6.92 Å². The number of methoxy groups -OCH3 is 1. The lowest BCUT2D eigenvalue weighted by Gasteiger charge is -2.13. The first kappa shape index (κ1) is 23.1. The Morgan fingerprint density at radius 2 is 1.71 bits per heavy atom. The van der Waals surface area contributed by atoms with E-state index in [4.69, 9.17) is 30.2 Å². The first-order chi connectivity index (χ1) is 16.4. The van der Waals surface area contributed by atoms with Crippen LogP contribution in [0.15, 0.2) is 75.9 Å². The molecule has 0 N–H and O–H groups in total. The number of fused-ring (bicyclic) bond motifs is 1. The van der Waals surface area contributed by atoms with E-state index in [-0.39, 0.29) is 45.2 Å². The largest absolute Gasteiger partial charge is 0.496 e. The van der Waals surface area contributed by atoms with Gasteiger partial charge in [-0.2, -0.15) is 0 Å². The van der Waals surface area contributed by atoms with Crippen LogP contribution >= 0.6 is 11.6 Å². The first-order valence-electron chi connectivity index (χ1n) is 10.3. The lowest BCUT2D eigenvalue weighted by Crippen LogP contribution is -2.15. The van der Waals surface area contributed by atoms with Crippen molar-refractivity contribution in [3.05, 3.63) is 93.3 Å². The van der Waals surface area contributed by atoms with Crippen molar-refractivity contribution in [1.82, 2.24) is 0 Å². The Morgan fingerprint density at radius 1 is 0.971 bits per heavy atom. The number of hydrogen-bond donors (Lipinski definition) is 0. The van der Waals surface area contributed by atoms with Gasteiger partial charge in [-0.3, -0.25) is 4.79 Å². The zero-order valence-corrected chi connectivity index (χ0v) is 19.0. The summed E-state index contributed by atoms with van der Waals surface area (Å²) in [6, 6.07) is 17.5. The van der Waals surface area contributed by atoms with E-state index in [0.29, 0.717) is 11.3 Å². The van der Waals surface area contributed by atoms with Crippen LogP contribution < -0.4 is 14.9 Å². The Morgan fingerprint density at radius 3 is 2.44 bits per heavy atom. The minimum Gasteiger partial charge on any atom is -0.496 e. The number of benzene rings is 3. The fourth-order valence-electron chi connectivity index (χ4n) is 3.46. The normalized spacial score (nSPS) is 10.7. The molecule has 0 spiro atoms. The van der Waals surface area contributed by atoms with Crippen LogP contribution in [-0.2, 0) is 4.74 Å². The van der Waals surface area contributed by atoms with Gasteiger partial charge in [0, 0.05) is 11.6 Å². The first-order valence-corrected chi connectivity index (χ1v) is 10.7. The molecule has 1 aromatic heterocycles. The van der Waals surface area contributed by atoms with E-state index >= 15 is 0 Å². The third-order valence-corrected chi connectivity index (χ3v) is 5.33. The van der Waals surface area contributed by atoms with Gasteiger partial charge in [0.15, 0.2) is 0 Å². The van der Waals surface area contributed by atoms with E-state index in [1.165, 1.54) is 31.4 Å². The van der Waals surface area contributed by atoms with Gasteiger partial charge in [-0.15, -0.1) is 0 Å². The monoisotopic (exact) mass is 478 g/mol. The molecule has 0 unspecified atom stereocenters. The molecule has 172 valence electrons. The Hall–Kier alpha value is -4.10. The van der Waals surface area contributed by atoms with E-state index in [0.717, 1.165) is 0 Å². The maximum absolute atomic E-state index is 13.5. The van der Waals surface area contributed by atoms with Crippen molar-refractivity contribution < 1.29 is 28.2 Å². The molecule has 0 amide bonds. The van der Waals surface area contributed by atoms with Gasteiger partial charge in [-0.05, 0) is 37.3 Å². The smallest absolute Gasteiger partial charge is 0.375 e. The van der Waals surface area contributed by atoms with E-state index in [2.05, 4.69) is 0 Å². The van der Waals surface area contributed by atoms with Crippen LogP contribution in [0.1, 0.15) is 27.8 Å². The highest BCUT2D eigenvalue weighted by molar-refractivity contribution is 6.33. The van der Waals surface area contributed by atoms with Crippen molar-refractivity contribution in [3.63, 3.8) is 0 Å². The molecule has 0 saturated carbocycles. The summed E-state index contributed by atoms with van der Waals surface area (Å²) < 4.78 is 21.7. The summed E-state index contributed by atoms with van der Waals surface area (Å²) in [5.74, 6) is -1.26. The Bertz CT molecular complexity index is 1460. The van der Waals surface area contributed by atoms with E-state index < -0.39 is 17.4 Å². The van der Waals surface area contributed by atoms with E-state index in [9.17, 15) is 14.4 Å². The number of esters is 2. The van der Waals surface area contributed by atoms with Gasteiger partial charge in [-0.1, -0.05) is 41.9 Å². The average Bonchev–Trinajstić information content (AvgIpc) is 2.84. The van der Waals surface area contributed by atoms with Gasteiger partial charge < -0.3 is 18.6 Å². The molecule has 4 aromatic rings. The van der Waals surface area contributed by atoms with E-state index in [1.54, 1.807) is 49.4 Å². The van der Waals surface area contributed by atoms with Crippen molar-refractivity contribution in [2.75, 3.05) is 13.7 Å². The molecule has 7 nitrogen and oxygen atoms in total. The summed E-state index contributed by atoms with van der Waals surface area (Å²) in [5, 5.41) is 0.428. The van der Waals surface area contributed by atoms with Crippen LogP contribution in [0.2, 0.25) is 5.02 Å². The molecule has 4 rings (SSSR count). The molecule has 34 heavy (non-hydrogen) atoms. The Labute approximate surface area is 199 Å². The maximum atomic E-state index is 13.5. The Kier molecular flexibility index (Phi) is 6.65. The molecular weight excluding hydrogens is 460 g/mol. The summed E-state index contributed by atoms with van der Waals surface area (Å²) >= 11 is 6.06. The molecule has 0 aliphatic heterocycles. The Balaban J connectivity index is 1.85. The number of para-hydroxylation sites is 1. The zero-order valence-electron chi connectivity index (χ0n) is 18.3. The quantitative estimate of drug-likeness (QED) is 0.266. The zero-order chi connectivity index (χ0) is 24.2. The van der Waals surface area contributed by atoms with Crippen LogP contribution in [0, 0.1) is 0 Å². The molecule has 3 aromatic carbocycles. The molecule has 0 saturated heterocycles. The van der Waals surface area contributed by atoms with Crippen LogP contribution in [0.5, 0.6) is 11.5 Å².